The molecule has 0 saturated heterocycles. The predicted molar refractivity (Wildman–Crippen MR) is 72.4 cm³/mol. The van der Waals surface area contributed by atoms with Gasteiger partial charge in [-0.1, -0.05) is 17.3 Å². The van der Waals surface area contributed by atoms with Crippen molar-refractivity contribution in [2.45, 2.75) is 19.4 Å². The van der Waals surface area contributed by atoms with Crippen LogP contribution in [0.25, 0.3) is 0 Å². The molecule has 6 nitrogen and oxygen atoms in total. The van der Waals surface area contributed by atoms with E-state index in [0.29, 0.717) is 6.54 Å². The van der Waals surface area contributed by atoms with E-state index in [4.69, 9.17) is 5.73 Å². The van der Waals surface area contributed by atoms with E-state index in [-0.39, 0.29) is 18.1 Å². The second-order valence-electron chi connectivity index (χ2n) is 4.33. The lowest BCUT2D eigenvalue weighted by molar-refractivity contribution is -0.116. The van der Waals surface area contributed by atoms with Crippen molar-refractivity contribution < 1.29 is 9.18 Å². The number of carbonyl (C=O) groups excluding carboxylic acids is 1. The summed E-state index contributed by atoms with van der Waals surface area (Å²) in [5.74, 6) is -0.826. The second kappa shape index (κ2) is 6.76. The van der Waals surface area contributed by atoms with Gasteiger partial charge in [-0.2, -0.15) is 0 Å². The molecule has 0 aliphatic heterocycles. The van der Waals surface area contributed by atoms with E-state index >= 15 is 0 Å². The van der Waals surface area contributed by atoms with E-state index in [2.05, 4.69) is 15.6 Å². The fraction of sp³-hybridized carbons (Fsp3) is 0.308. The van der Waals surface area contributed by atoms with Gasteiger partial charge < -0.3 is 11.1 Å². The standard InChI is InChI=1S/C13H16FN5O/c14-11-5-1-2-6-12(11)16-13(20)9-19-8-10(17-18-19)4-3-7-15/h1-2,5-6,8H,3-4,7,9,15H2,(H,16,20). The maximum Gasteiger partial charge on any atom is 0.246 e. The van der Waals surface area contributed by atoms with Gasteiger partial charge in [0, 0.05) is 6.20 Å². The molecule has 2 rings (SSSR count). The van der Waals surface area contributed by atoms with Crippen LogP contribution in [0.2, 0.25) is 0 Å². The molecular formula is C13H16FN5O. The first kappa shape index (κ1) is 14.1. The van der Waals surface area contributed by atoms with Gasteiger partial charge in [-0.25, -0.2) is 9.07 Å². The highest BCUT2D eigenvalue weighted by Crippen LogP contribution is 2.12. The van der Waals surface area contributed by atoms with Gasteiger partial charge in [-0.15, -0.1) is 5.10 Å². The summed E-state index contributed by atoms with van der Waals surface area (Å²) in [4.78, 5) is 11.8. The number of nitrogens with two attached hydrogens (primary N) is 1. The zero-order chi connectivity index (χ0) is 14.4. The van der Waals surface area contributed by atoms with Crippen molar-refractivity contribution in [2.75, 3.05) is 11.9 Å². The van der Waals surface area contributed by atoms with Gasteiger partial charge in [0.15, 0.2) is 0 Å². The third-order valence-electron chi connectivity index (χ3n) is 2.68. The predicted octanol–water partition coefficient (Wildman–Crippen LogP) is 0.947. The number of hydrogen-bond donors (Lipinski definition) is 2. The molecule has 1 aromatic carbocycles. The van der Waals surface area contributed by atoms with Crippen molar-refractivity contribution in [3.05, 3.63) is 42.0 Å². The van der Waals surface area contributed by atoms with Gasteiger partial charge in [0.25, 0.3) is 0 Å². The van der Waals surface area contributed by atoms with Crippen LogP contribution in [0.1, 0.15) is 12.1 Å². The highest BCUT2D eigenvalue weighted by molar-refractivity contribution is 5.90. The molecular weight excluding hydrogens is 261 g/mol. The molecule has 1 aromatic heterocycles. The molecule has 0 fully saturated rings. The Morgan fingerprint density at radius 3 is 2.95 bits per heavy atom. The number of nitrogens with one attached hydrogen (secondary N) is 1. The maximum absolute atomic E-state index is 13.4. The first-order valence-electron chi connectivity index (χ1n) is 6.32. The van der Waals surface area contributed by atoms with Crippen LogP contribution in [0.4, 0.5) is 10.1 Å². The number of halogens is 1. The molecule has 0 aliphatic rings. The Balaban J connectivity index is 1.91. The highest BCUT2D eigenvalue weighted by Gasteiger charge is 2.08. The van der Waals surface area contributed by atoms with Crippen molar-refractivity contribution in [3.8, 4) is 0 Å². The summed E-state index contributed by atoms with van der Waals surface area (Å²) in [5, 5.41) is 10.3. The lowest BCUT2D eigenvalue weighted by Gasteiger charge is -2.05. The summed E-state index contributed by atoms with van der Waals surface area (Å²) in [6.45, 7) is 0.574. The van der Waals surface area contributed by atoms with Gasteiger partial charge in [-0.05, 0) is 31.5 Å². The Hall–Kier alpha value is -2.28. The molecule has 0 unspecified atom stereocenters. The number of amides is 1. The largest absolute Gasteiger partial charge is 0.330 e. The quantitative estimate of drug-likeness (QED) is 0.823. The minimum absolute atomic E-state index is 0.00996. The van der Waals surface area contributed by atoms with Gasteiger partial charge in [0.1, 0.15) is 12.4 Å². The van der Waals surface area contributed by atoms with Crippen LogP contribution in [0.5, 0.6) is 0 Å². The Morgan fingerprint density at radius 2 is 2.20 bits per heavy atom. The fourth-order valence-corrected chi connectivity index (χ4v) is 1.71. The SMILES string of the molecule is NCCCc1cn(CC(=O)Nc2ccccc2F)nn1. The number of benzene rings is 1. The second-order valence-corrected chi connectivity index (χ2v) is 4.33. The van der Waals surface area contributed by atoms with Crippen LogP contribution in [0, 0.1) is 5.82 Å². The Labute approximate surface area is 115 Å². The molecule has 0 aliphatic carbocycles. The zero-order valence-corrected chi connectivity index (χ0v) is 10.9. The summed E-state index contributed by atoms with van der Waals surface area (Å²) < 4.78 is 14.8. The summed E-state index contributed by atoms with van der Waals surface area (Å²) in [6, 6.07) is 6.00. The monoisotopic (exact) mass is 277 g/mol. The average Bonchev–Trinajstić information content (AvgIpc) is 2.86. The molecule has 0 radical (unpaired) electrons. The number of anilines is 1. The molecule has 106 valence electrons. The van der Waals surface area contributed by atoms with Crippen LogP contribution < -0.4 is 11.1 Å². The molecule has 7 heteroatoms. The van der Waals surface area contributed by atoms with E-state index in [1.807, 2.05) is 0 Å². The van der Waals surface area contributed by atoms with E-state index in [1.165, 1.54) is 16.8 Å². The molecule has 1 amide bonds. The Bertz CT molecular complexity index is 584. The van der Waals surface area contributed by atoms with Crippen molar-refractivity contribution in [1.82, 2.24) is 15.0 Å². The van der Waals surface area contributed by atoms with E-state index in [1.54, 1.807) is 18.3 Å². The number of nitrogens with zero attached hydrogens (tertiary/aromatic N) is 3. The number of carbonyl (C=O) groups is 1. The van der Waals surface area contributed by atoms with Crippen molar-refractivity contribution in [1.29, 1.82) is 0 Å². The van der Waals surface area contributed by atoms with Gasteiger partial charge in [0.05, 0.1) is 11.4 Å². The first-order valence-corrected chi connectivity index (χ1v) is 6.32. The first-order chi connectivity index (χ1) is 9.69. The average molecular weight is 277 g/mol. The molecule has 0 saturated carbocycles. The van der Waals surface area contributed by atoms with Gasteiger partial charge in [-0.3, -0.25) is 4.79 Å². The van der Waals surface area contributed by atoms with Crippen LogP contribution in [0.3, 0.4) is 0 Å². The Morgan fingerprint density at radius 1 is 1.40 bits per heavy atom. The smallest absolute Gasteiger partial charge is 0.246 e. The normalized spacial score (nSPS) is 10.5. The zero-order valence-electron chi connectivity index (χ0n) is 10.9. The topological polar surface area (TPSA) is 85.8 Å². The van der Waals surface area contributed by atoms with E-state index < -0.39 is 5.82 Å². The molecule has 3 N–H and O–H groups in total. The van der Waals surface area contributed by atoms with Crippen LogP contribution in [-0.4, -0.2) is 27.4 Å². The number of hydrogen-bond acceptors (Lipinski definition) is 4. The van der Waals surface area contributed by atoms with Crippen LogP contribution in [-0.2, 0) is 17.8 Å². The molecule has 20 heavy (non-hydrogen) atoms. The number of para-hydroxylation sites is 1. The lowest BCUT2D eigenvalue weighted by Crippen LogP contribution is -2.19. The van der Waals surface area contributed by atoms with Crippen LogP contribution >= 0.6 is 0 Å². The van der Waals surface area contributed by atoms with E-state index in [0.717, 1.165) is 18.5 Å². The summed E-state index contributed by atoms with van der Waals surface area (Å²) >= 11 is 0. The summed E-state index contributed by atoms with van der Waals surface area (Å²) in [6.07, 6.45) is 3.24. The van der Waals surface area contributed by atoms with Crippen molar-refractivity contribution in [3.63, 3.8) is 0 Å². The summed E-state index contributed by atoms with van der Waals surface area (Å²) in [7, 11) is 0. The third kappa shape index (κ3) is 3.86. The van der Waals surface area contributed by atoms with Gasteiger partial charge >= 0.3 is 0 Å². The maximum atomic E-state index is 13.4. The lowest BCUT2D eigenvalue weighted by atomic mass is 10.2. The fourth-order valence-electron chi connectivity index (χ4n) is 1.71. The van der Waals surface area contributed by atoms with Crippen LogP contribution in [0.15, 0.2) is 30.5 Å². The summed E-state index contributed by atoms with van der Waals surface area (Å²) in [5.41, 5.74) is 6.35. The van der Waals surface area contributed by atoms with Gasteiger partial charge in [0.2, 0.25) is 5.91 Å². The highest BCUT2D eigenvalue weighted by atomic mass is 19.1. The van der Waals surface area contributed by atoms with Crippen molar-refractivity contribution in [2.24, 2.45) is 5.73 Å². The molecule has 2 aromatic rings. The Kier molecular flexibility index (Phi) is 4.78. The molecule has 0 spiro atoms. The molecule has 1 heterocycles. The number of aromatic nitrogens is 3. The molecule has 0 bridgehead atoms. The minimum Gasteiger partial charge on any atom is -0.330 e. The molecule has 0 atom stereocenters. The van der Waals surface area contributed by atoms with E-state index in [9.17, 15) is 9.18 Å². The third-order valence-corrected chi connectivity index (χ3v) is 2.68. The van der Waals surface area contributed by atoms with Crippen molar-refractivity contribution >= 4 is 11.6 Å². The number of rotatable bonds is 6. The minimum atomic E-state index is -0.469. The number of aryl methyl sites for hydroxylation is 1.